The highest BCUT2D eigenvalue weighted by atomic mass is 16.5. The van der Waals surface area contributed by atoms with Crippen molar-refractivity contribution in [3.05, 3.63) is 0 Å². The van der Waals surface area contributed by atoms with Gasteiger partial charge in [0.15, 0.2) is 0 Å². The van der Waals surface area contributed by atoms with E-state index in [2.05, 4.69) is 11.9 Å². The molecule has 0 amide bonds. The molecule has 1 aliphatic carbocycles. The summed E-state index contributed by atoms with van der Waals surface area (Å²) in [5.41, 5.74) is 0. The predicted octanol–water partition coefficient (Wildman–Crippen LogP) is 1.22. The van der Waals surface area contributed by atoms with E-state index in [1.54, 1.807) is 0 Å². The van der Waals surface area contributed by atoms with Crippen LogP contribution in [0.5, 0.6) is 0 Å². The van der Waals surface area contributed by atoms with Crippen LogP contribution in [0.15, 0.2) is 0 Å². The zero-order chi connectivity index (χ0) is 8.55. The SMILES string of the molecule is COCC1CC2CN(C)C[C@H]2C1. The molecule has 3 atom stereocenters. The van der Waals surface area contributed by atoms with Crippen molar-refractivity contribution in [2.75, 3.05) is 33.9 Å². The van der Waals surface area contributed by atoms with Crippen LogP contribution in [0.1, 0.15) is 12.8 Å². The monoisotopic (exact) mass is 169 g/mol. The molecule has 2 nitrogen and oxygen atoms in total. The minimum atomic E-state index is 0.860. The van der Waals surface area contributed by atoms with Crippen LogP contribution < -0.4 is 0 Å². The number of methoxy groups -OCH3 is 1. The quantitative estimate of drug-likeness (QED) is 0.616. The van der Waals surface area contributed by atoms with E-state index < -0.39 is 0 Å². The zero-order valence-corrected chi connectivity index (χ0v) is 8.12. The van der Waals surface area contributed by atoms with Gasteiger partial charge < -0.3 is 9.64 Å². The van der Waals surface area contributed by atoms with E-state index in [0.29, 0.717) is 0 Å². The third-order valence-electron chi connectivity index (χ3n) is 3.43. The maximum absolute atomic E-state index is 5.20. The molecule has 0 aromatic rings. The largest absolute Gasteiger partial charge is 0.384 e. The van der Waals surface area contributed by atoms with Crippen LogP contribution in [0.3, 0.4) is 0 Å². The molecule has 0 aromatic heterocycles. The first kappa shape index (κ1) is 8.52. The summed E-state index contributed by atoms with van der Waals surface area (Å²) in [6.45, 7) is 3.63. The summed E-state index contributed by atoms with van der Waals surface area (Å²) in [5.74, 6) is 2.82. The molecule has 0 aromatic carbocycles. The van der Waals surface area contributed by atoms with E-state index in [9.17, 15) is 0 Å². The van der Waals surface area contributed by atoms with Gasteiger partial charge in [-0.3, -0.25) is 0 Å². The van der Waals surface area contributed by atoms with Gasteiger partial charge in [-0.2, -0.15) is 0 Å². The molecular weight excluding hydrogens is 150 g/mol. The number of nitrogens with zero attached hydrogens (tertiary/aromatic N) is 1. The number of ether oxygens (including phenoxy) is 1. The van der Waals surface area contributed by atoms with Gasteiger partial charge >= 0.3 is 0 Å². The maximum atomic E-state index is 5.20. The Labute approximate surface area is 74.9 Å². The summed E-state index contributed by atoms with van der Waals surface area (Å²) in [7, 11) is 4.06. The first-order valence-corrected chi connectivity index (χ1v) is 4.97. The first-order chi connectivity index (χ1) is 5.79. The molecule has 0 spiro atoms. The topological polar surface area (TPSA) is 12.5 Å². The predicted molar refractivity (Wildman–Crippen MR) is 49.1 cm³/mol. The van der Waals surface area contributed by atoms with E-state index >= 15 is 0 Å². The van der Waals surface area contributed by atoms with Crippen molar-refractivity contribution < 1.29 is 4.74 Å². The Balaban J connectivity index is 1.85. The van der Waals surface area contributed by atoms with Crippen LogP contribution in [0.2, 0.25) is 0 Å². The zero-order valence-electron chi connectivity index (χ0n) is 8.12. The third-order valence-corrected chi connectivity index (χ3v) is 3.43. The lowest BCUT2D eigenvalue weighted by atomic mass is 10.0. The van der Waals surface area contributed by atoms with Crippen LogP contribution in [0.4, 0.5) is 0 Å². The smallest absolute Gasteiger partial charge is 0.0490 e. The average molecular weight is 169 g/mol. The average Bonchev–Trinajstić information content (AvgIpc) is 2.44. The Morgan fingerprint density at radius 2 is 1.83 bits per heavy atom. The van der Waals surface area contributed by atoms with E-state index in [-0.39, 0.29) is 0 Å². The summed E-state index contributed by atoms with van der Waals surface area (Å²) < 4.78 is 5.20. The van der Waals surface area contributed by atoms with Gasteiger partial charge in [0, 0.05) is 26.8 Å². The summed E-state index contributed by atoms with van der Waals surface area (Å²) in [4.78, 5) is 2.47. The van der Waals surface area contributed by atoms with Crippen molar-refractivity contribution in [3.8, 4) is 0 Å². The van der Waals surface area contributed by atoms with Crippen molar-refractivity contribution >= 4 is 0 Å². The van der Waals surface area contributed by atoms with Gasteiger partial charge in [-0.05, 0) is 37.6 Å². The van der Waals surface area contributed by atoms with Gasteiger partial charge in [0.25, 0.3) is 0 Å². The highest BCUT2D eigenvalue weighted by molar-refractivity contribution is 4.90. The van der Waals surface area contributed by atoms with Crippen molar-refractivity contribution in [1.29, 1.82) is 0 Å². The molecule has 1 heterocycles. The molecule has 1 saturated carbocycles. The van der Waals surface area contributed by atoms with Crippen molar-refractivity contribution in [2.24, 2.45) is 17.8 Å². The highest BCUT2D eigenvalue weighted by Crippen LogP contribution is 2.40. The number of hydrogen-bond donors (Lipinski definition) is 0. The van der Waals surface area contributed by atoms with Crippen LogP contribution in [-0.2, 0) is 4.74 Å². The molecule has 12 heavy (non-hydrogen) atoms. The van der Waals surface area contributed by atoms with Gasteiger partial charge in [-0.25, -0.2) is 0 Å². The molecule has 1 aliphatic heterocycles. The minimum Gasteiger partial charge on any atom is -0.384 e. The third kappa shape index (κ3) is 1.50. The summed E-state index contributed by atoms with van der Waals surface area (Å²) in [5, 5.41) is 0. The second-order valence-corrected chi connectivity index (χ2v) is 4.53. The van der Waals surface area contributed by atoms with Gasteiger partial charge in [-0.1, -0.05) is 0 Å². The Hall–Kier alpha value is -0.0800. The van der Waals surface area contributed by atoms with Gasteiger partial charge in [0.05, 0.1) is 0 Å². The molecule has 2 aliphatic rings. The Bertz CT molecular complexity index is 146. The molecule has 70 valence electrons. The molecule has 1 saturated heterocycles. The Kier molecular flexibility index (Phi) is 2.37. The van der Waals surface area contributed by atoms with E-state index in [1.807, 2.05) is 7.11 Å². The molecule has 2 unspecified atom stereocenters. The van der Waals surface area contributed by atoms with Gasteiger partial charge in [-0.15, -0.1) is 0 Å². The molecule has 0 radical (unpaired) electrons. The molecular formula is C10H19NO. The summed E-state index contributed by atoms with van der Waals surface area (Å²) in [6.07, 6.45) is 2.81. The lowest BCUT2D eigenvalue weighted by molar-refractivity contribution is 0.148. The lowest BCUT2D eigenvalue weighted by Gasteiger charge is -2.13. The maximum Gasteiger partial charge on any atom is 0.0490 e. The second kappa shape index (κ2) is 3.35. The molecule has 2 rings (SSSR count). The van der Waals surface area contributed by atoms with E-state index in [1.165, 1.54) is 25.9 Å². The van der Waals surface area contributed by atoms with Crippen LogP contribution >= 0.6 is 0 Å². The molecule has 0 bridgehead atoms. The number of likely N-dealkylation sites (tertiary alicyclic amines) is 1. The number of fused-ring (bicyclic) bond motifs is 1. The minimum absolute atomic E-state index is 0.860. The van der Waals surface area contributed by atoms with Crippen LogP contribution in [0.25, 0.3) is 0 Å². The standard InChI is InChI=1S/C10H19NO/c1-11-5-9-3-8(7-12-2)4-10(9)6-11/h8-10H,3-7H2,1-2H3/t8?,9-,10?/m1/s1. The Morgan fingerprint density at radius 1 is 1.25 bits per heavy atom. The number of rotatable bonds is 2. The fraction of sp³-hybridized carbons (Fsp3) is 1.00. The second-order valence-electron chi connectivity index (χ2n) is 4.53. The van der Waals surface area contributed by atoms with Crippen LogP contribution in [0, 0.1) is 17.8 Å². The van der Waals surface area contributed by atoms with Crippen LogP contribution in [-0.4, -0.2) is 38.8 Å². The normalized spacial score (nSPS) is 42.0. The summed E-state index contributed by atoms with van der Waals surface area (Å²) >= 11 is 0. The Morgan fingerprint density at radius 3 is 2.33 bits per heavy atom. The molecule has 2 heteroatoms. The fourth-order valence-electron chi connectivity index (χ4n) is 3.03. The van der Waals surface area contributed by atoms with E-state index in [4.69, 9.17) is 4.74 Å². The van der Waals surface area contributed by atoms with Gasteiger partial charge in [0.1, 0.15) is 0 Å². The van der Waals surface area contributed by atoms with Crippen molar-refractivity contribution in [2.45, 2.75) is 12.8 Å². The number of hydrogen-bond acceptors (Lipinski definition) is 2. The fourth-order valence-corrected chi connectivity index (χ4v) is 3.03. The van der Waals surface area contributed by atoms with Crippen molar-refractivity contribution in [3.63, 3.8) is 0 Å². The highest BCUT2D eigenvalue weighted by Gasteiger charge is 2.39. The van der Waals surface area contributed by atoms with Gasteiger partial charge in [0.2, 0.25) is 0 Å². The summed E-state index contributed by atoms with van der Waals surface area (Å²) in [6, 6.07) is 0. The first-order valence-electron chi connectivity index (χ1n) is 4.97. The molecule has 2 fully saturated rings. The van der Waals surface area contributed by atoms with Crippen molar-refractivity contribution in [1.82, 2.24) is 4.90 Å². The van der Waals surface area contributed by atoms with E-state index in [0.717, 1.165) is 24.4 Å². The lowest BCUT2D eigenvalue weighted by Crippen LogP contribution is -2.17. The molecule has 0 N–H and O–H groups in total.